The molecule has 0 unspecified atom stereocenters. The molecule has 0 heterocycles. The van der Waals surface area contributed by atoms with E-state index in [1.165, 1.54) is 51.4 Å². The van der Waals surface area contributed by atoms with Crippen molar-refractivity contribution in [3.63, 3.8) is 0 Å². The van der Waals surface area contributed by atoms with Gasteiger partial charge in [0.1, 0.15) is 11.5 Å². The largest absolute Gasteiger partial charge is 0.508 e. The Bertz CT molecular complexity index is 360. The van der Waals surface area contributed by atoms with Gasteiger partial charge in [-0.3, -0.25) is 0 Å². The maximum atomic E-state index is 9.58. The molecule has 114 valence electrons. The van der Waals surface area contributed by atoms with Crippen molar-refractivity contribution in [2.24, 2.45) is 0 Å². The van der Waals surface area contributed by atoms with Gasteiger partial charge in [-0.15, -0.1) is 0 Å². The SMILES string of the molecule is CCCCCCCCCCCOc1cccc(O)c1C. The second kappa shape index (κ2) is 10.6. The molecule has 0 aliphatic rings. The molecule has 1 aromatic carbocycles. The zero-order chi connectivity index (χ0) is 14.6. The van der Waals surface area contributed by atoms with Gasteiger partial charge in [0.05, 0.1) is 6.61 Å². The third-order valence-electron chi connectivity index (χ3n) is 3.76. The summed E-state index contributed by atoms with van der Waals surface area (Å²) in [4.78, 5) is 0. The van der Waals surface area contributed by atoms with Crippen LogP contribution < -0.4 is 4.74 Å². The Labute approximate surface area is 124 Å². The Hall–Kier alpha value is -1.18. The lowest BCUT2D eigenvalue weighted by Crippen LogP contribution is -1.98. The minimum atomic E-state index is 0.314. The van der Waals surface area contributed by atoms with Crippen LogP contribution in [0.4, 0.5) is 0 Å². The second-order valence-electron chi connectivity index (χ2n) is 5.58. The van der Waals surface area contributed by atoms with Crippen molar-refractivity contribution in [2.45, 2.75) is 71.6 Å². The fraction of sp³-hybridized carbons (Fsp3) is 0.667. The number of ether oxygens (including phenoxy) is 1. The number of aromatic hydroxyl groups is 1. The van der Waals surface area contributed by atoms with E-state index < -0.39 is 0 Å². The van der Waals surface area contributed by atoms with Gasteiger partial charge in [0, 0.05) is 5.56 Å². The monoisotopic (exact) mass is 278 g/mol. The minimum Gasteiger partial charge on any atom is -0.508 e. The maximum Gasteiger partial charge on any atom is 0.125 e. The highest BCUT2D eigenvalue weighted by molar-refractivity contribution is 5.42. The van der Waals surface area contributed by atoms with Gasteiger partial charge in [-0.25, -0.2) is 0 Å². The van der Waals surface area contributed by atoms with Crippen LogP contribution in [0.25, 0.3) is 0 Å². The van der Waals surface area contributed by atoms with Crippen molar-refractivity contribution in [1.29, 1.82) is 0 Å². The summed E-state index contributed by atoms with van der Waals surface area (Å²) < 4.78 is 5.72. The molecule has 0 aromatic heterocycles. The average molecular weight is 278 g/mol. The molecule has 0 saturated carbocycles. The van der Waals surface area contributed by atoms with E-state index in [1.54, 1.807) is 6.07 Å². The molecule has 2 nitrogen and oxygen atoms in total. The zero-order valence-electron chi connectivity index (χ0n) is 13.2. The predicted molar refractivity (Wildman–Crippen MR) is 85.6 cm³/mol. The average Bonchev–Trinajstić information content (AvgIpc) is 2.45. The predicted octanol–water partition coefficient (Wildman–Crippen LogP) is 5.61. The van der Waals surface area contributed by atoms with Gasteiger partial charge >= 0.3 is 0 Å². The van der Waals surface area contributed by atoms with E-state index in [9.17, 15) is 5.11 Å². The molecule has 0 fully saturated rings. The number of rotatable bonds is 11. The molecular formula is C18H30O2. The van der Waals surface area contributed by atoms with Gasteiger partial charge < -0.3 is 9.84 Å². The lowest BCUT2D eigenvalue weighted by Gasteiger charge is -2.09. The molecule has 2 heteroatoms. The van der Waals surface area contributed by atoms with Crippen LogP contribution in [0.15, 0.2) is 18.2 Å². The van der Waals surface area contributed by atoms with Crippen LogP contribution in [-0.4, -0.2) is 11.7 Å². The highest BCUT2D eigenvalue weighted by Crippen LogP contribution is 2.26. The molecule has 1 aromatic rings. The topological polar surface area (TPSA) is 29.5 Å². The van der Waals surface area contributed by atoms with Crippen molar-refractivity contribution < 1.29 is 9.84 Å². The molecule has 0 bridgehead atoms. The highest BCUT2D eigenvalue weighted by atomic mass is 16.5. The normalized spacial score (nSPS) is 10.7. The molecule has 0 aliphatic carbocycles. The van der Waals surface area contributed by atoms with Crippen LogP contribution in [0.5, 0.6) is 11.5 Å². The molecular weight excluding hydrogens is 248 g/mol. The zero-order valence-corrected chi connectivity index (χ0v) is 13.2. The van der Waals surface area contributed by atoms with E-state index in [0.717, 1.165) is 24.3 Å². The number of benzene rings is 1. The number of hydrogen-bond donors (Lipinski definition) is 1. The maximum absolute atomic E-state index is 9.58. The van der Waals surface area contributed by atoms with Crippen molar-refractivity contribution in [2.75, 3.05) is 6.61 Å². The van der Waals surface area contributed by atoms with Gasteiger partial charge in [0.2, 0.25) is 0 Å². The summed E-state index contributed by atoms with van der Waals surface area (Å²) >= 11 is 0. The quantitative estimate of drug-likeness (QED) is 0.533. The van der Waals surface area contributed by atoms with Crippen molar-refractivity contribution in [3.05, 3.63) is 23.8 Å². The Kier molecular flexibility index (Phi) is 8.93. The first-order chi connectivity index (χ1) is 9.75. The summed E-state index contributed by atoms with van der Waals surface area (Å²) in [6.45, 7) is 4.90. The first kappa shape index (κ1) is 16.9. The van der Waals surface area contributed by atoms with Crippen LogP contribution >= 0.6 is 0 Å². The van der Waals surface area contributed by atoms with E-state index in [-0.39, 0.29) is 0 Å². The Morgan fingerprint density at radius 3 is 2.15 bits per heavy atom. The molecule has 0 radical (unpaired) electrons. The van der Waals surface area contributed by atoms with E-state index in [2.05, 4.69) is 6.92 Å². The van der Waals surface area contributed by atoms with Crippen molar-refractivity contribution >= 4 is 0 Å². The number of phenols is 1. The van der Waals surface area contributed by atoms with Crippen LogP contribution in [-0.2, 0) is 0 Å². The summed E-state index contributed by atoms with van der Waals surface area (Å²) in [7, 11) is 0. The third-order valence-corrected chi connectivity index (χ3v) is 3.76. The van der Waals surface area contributed by atoms with Crippen molar-refractivity contribution in [1.82, 2.24) is 0 Å². The molecule has 0 saturated heterocycles. The lowest BCUT2D eigenvalue weighted by atomic mass is 10.1. The fourth-order valence-electron chi connectivity index (χ4n) is 2.35. The number of unbranched alkanes of at least 4 members (excludes halogenated alkanes) is 8. The molecule has 0 atom stereocenters. The molecule has 0 aliphatic heterocycles. The second-order valence-corrected chi connectivity index (χ2v) is 5.58. The molecule has 1 rings (SSSR count). The third kappa shape index (κ3) is 6.83. The van der Waals surface area contributed by atoms with E-state index in [0.29, 0.717) is 5.75 Å². The lowest BCUT2D eigenvalue weighted by molar-refractivity contribution is 0.300. The first-order valence-corrected chi connectivity index (χ1v) is 8.17. The molecule has 0 spiro atoms. The summed E-state index contributed by atoms with van der Waals surface area (Å²) in [6, 6.07) is 5.44. The van der Waals surface area contributed by atoms with Gasteiger partial charge in [0.25, 0.3) is 0 Å². The standard InChI is InChI=1S/C18H30O2/c1-3-4-5-6-7-8-9-10-11-15-20-18-14-12-13-17(19)16(18)2/h12-14,19H,3-11,15H2,1-2H3. The van der Waals surface area contributed by atoms with Gasteiger partial charge in [-0.1, -0.05) is 64.4 Å². The molecule has 1 N–H and O–H groups in total. The number of phenolic OH excluding ortho intramolecular Hbond substituents is 1. The fourth-order valence-corrected chi connectivity index (χ4v) is 2.35. The van der Waals surface area contributed by atoms with E-state index >= 15 is 0 Å². The summed E-state index contributed by atoms with van der Waals surface area (Å²) in [5, 5.41) is 9.58. The smallest absolute Gasteiger partial charge is 0.125 e. The Balaban J connectivity index is 1.98. The van der Waals surface area contributed by atoms with Crippen molar-refractivity contribution in [3.8, 4) is 11.5 Å². The van der Waals surface area contributed by atoms with Gasteiger partial charge in [0.15, 0.2) is 0 Å². The first-order valence-electron chi connectivity index (χ1n) is 8.17. The summed E-state index contributed by atoms with van der Waals surface area (Å²) in [5.74, 6) is 1.12. The van der Waals surface area contributed by atoms with Crippen LogP contribution in [0.3, 0.4) is 0 Å². The Morgan fingerprint density at radius 1 is 0.900 bits per heavy atom. The van der Waals surface area contributed by atoms with E-state index in [4.69, 9.17) is 4.74 Å². The molecule has 20 heavy (non-hydrogen) atoms. The van der Waals surface area contributed by atoms with Crippen LogP contribution in [0.1, 0.15) is 70.3 Å². The Morgan fingerprint density at radius 2 is 1.50 bits per heavy atom. The summed E-state index contributed by atoms with van der Waals surface area (Å²) in [6.07, 6.45) is 11.9. The summed E-state index contributed by atoms with van der Waals surface area (Å²) in [5.41, 5.74) is 0.837. The molecule has 0 amide bonds. The highest BCUT2D eigenvalue weighted by Gasteiger charge is 2.02. The minimum absolute atomic E-state index is 0.314. The van der Waals surface area contributed by atoms with E-state index in [1.807, 2.05) is 19.1 Å². The van der Waals surface area contributed by atoms with Crippen LogP contribution in [0, 0.1) is 6.92 Å². The van der Waals surface area contributed by atoms with Crippen LogP contribution in [0.2, 0.25) is 0 Å². The van der Waals surface area contributed by atoms with Gasteiger partial charge in [-0.05, 0) is 25.5 Å². The van der Waals surface area contributed by atoms with Gasteiger partial charge in [-0.2, -0.15) is 0 Å². The number of hydrogen-bond acceptors (Lipinski definition) is 2.